The van der Waals surface area contributed by atoms with Gasteiger partial charge in [0.05, 0.1) is 23.0 Å². The van der Waals surface area contributed by atoms with Crippen molar-refractivity contribution >= 4 is 22.6 Å². The molecule has 1 atom stereocenters. The van der Waals surface area contributed by atoms with E-state index in [1.54, 1.807) is 0 Å². The highest BCUT2D eigenvalue weighted by molar-refractivity contribution is 14.1. The third kappa shape index (κ3) is 3.28. The van der Waals surface area contributed by atoms with Crippen LogP contribution in [-0.4, -0.2) is 4.43 Å². The molecule has 0 fully saturated rings. The molecule has 0 heterocycles. The average Bonchev–Trinajstić information content (AvgIpc) is 2.45. The molecule has 0 N–H and O–H groups in total. The molecule has 1 unspecified atom stereocenters. The van der Waals surface area contributed by atoms with Crippen molar-refractivity contribution in [2.75, 3.05) is 4.43 Å². The second kappa shape index (κ2) is 5.92. The van der Waals surface area contributed by atoms with E-state index < -0.39 is 10.8 Å². The topological polar surface area (TPSA) is 47.6 Å². The molecule has 0 saturated carbocycles. The van der Waals surface area contributed by atoms with Crippen LogP contribution >= 0.6 is 22.6 Å². The number of hydrogen-bond acceptors (Lipinski definition) is 2. The molecule has 0 aliphatic rings. The Kier molecular flexibility index (Phi) is 4.98. The molecule has 19 heavy (non-hydrogen) atoms. The highest BCUT2D eigenvalue weighted by atomic mass is 127. The van der Waals surface area contributed by atoms with E-state index in [1.165, 1.54) is 5.56 Å². The smallest absolute Gasteiger partial charge is 0.0883 e. The van der Waals surface area contributed by atoms with Gasteiger partial charge in [0.15, 0.2) is 0 Å². The maximum atomic E-state index is 9.43. The van der Waals surface area contributed by atoms with Crippen molar-refractivity contribution in [1.82, 2.24) is 0 Å². The molecule has 100 valence electrons. The minimum Gasteiger partial charge on any atom is -0.197 e. The Balaban J connectivity index is 3.50. The number of aryl methyl sites for hydroxylation is 1. The summed E-state index contributed by atoms with van der Waals surface area (Å²) in [4.78, 5) is 0. The highest BCUT2D eigenvalue weighted by Gasteiger charge is 2.28. The van der Waals surface area contributed by atoms with Gasteiger partial charge in [-0.2, -0.15) is 10.5 Å². The number of hydrogen-bond donors (Lipinski definition) is 0. The Morgan fingerprint density at radius 2 is 1.63 bits per heavy atom. The van der Waals surface area contributed by atoms with Crippen molar-refractivity contribution < 1.29 is 0 Å². The Bertz CT molecular complexity index is 549. The maximum Gasteiger partial charge on any atom is 0.0883 e. The first kappa shape index (κ1) is 16.0. The molecule has 0 bridgehead atoms. The van der Waals surface area contributed by atoms with Crippen LogP contribution in [0.15, 0.2) is 18.2 Å². The summed E-state index contributed by atoms with van der Waals surface area (Å²) in [5, 5.41) is 18.7. The van der Waals surface area contributed by atoms with E-state index >= 15 is 0 Å². The van der Waals surface area contributed by atoms with Crippen molar-refractivity contribution in [3.05, 3.63) is 34.9 Å². The van der Waals surface area contributed by atoms with Crippen molar-refractivity contribution in [3.8, 4) is 12.1 Å². The molecule has 1 rings (SSSR count). The molecule has 0 saturated heterocycles. The molecule has 0 aliphatic heterocycles. The largest absolute Gasteiger partial charge is 0.197 e. The van der Waals surface area contributed by atoms with Crippen LogP contribution in [0.25, 0.3) is 0 Å². The third-order valence-corrected chi connectivity index (χ3v) is 5.08. The van der Waals surface area contributed by atoms with Crippen LogP contribution in [0, 0.1) is 22.7 Å². The van der Waals surface area contributed by atoms with Gasteiger partial charge in [0.1, 0.15) is 0 Å². The predicted molar refractivity (Wildman–Crippen MR) is 86.3 cm³/mol. The van der Waals surface area contributed by atoms with E-state index in [1.807, 2.05) is 26.8 Å². The summed E-state index contributed by atoms with van der Waals surface area (Å²) in [5.41, 5.74) is 2.17. The van der Waals surface area contributed by atoms with Crippen molar-refractivity contribution in [1.29, 1.82) is 10.5 Å². The molecular formula is C16H19IN2. The van der Waals surface area contributed by atoms with Gasteiger partial charge in [0, 0.05) is 4.43 Å². The number of rotatable bonds is 4. The van der Waals surface area contributed by atoms with E-state index in [2.05, 4.69) is 53.8 Å². The van der Waals surface area contributed by atoms with Crippen LogP contribution in [0.2, 0.25) is 0 Å². The second-order valence-corrected chi connectivity index (χ2v) is 6.35. The van der Waals surface area contributed by atoms with Gasteiger partial charge >= 0.3 is 0 Å². The quantitative estimate of drug-likeness (QED) is 0.590. The van der Waals surface area contributed by atoms with Gasteiger partial charge in [0.25, 0.3) is 0 Å². The van der Waals surface area contributed by atoms with Gasteiger partial charge in [-0.15, -0.1) is 0 Å². The lowest BCUT2D eigenvalue weighted by molar-refractivity contribution is 0.668. The summed E-state index contributed by atoms with van der Waals surface area (Å²) in [6.07, 6.45) is 0.908. The van der Waals surface area contributed by atoms with Crippen LogP contribution < -0.4 is 0 Å². The summed E-state index contributed by atoms with van der Waals surface area (Å²) in [6, 6.07) is 10.9. The summed E-state index contributed by atoms with van der Waals surface area (Å²) in [7, 11) is 0. The van der Waals surface area contributed by atoms with E-state index in [9.17, 15) is 10.5 Å². The van der Waals surface area contributed by atoms with Gasteiger partial charge < -0.3 is 0 Å². The van der Waals surface area contributed by atoms with E-state index in [0.717, 1.165) is 22.0 Å². The average molecular weight is 366 g/mol. The predicted octanol–water partition coefficient (Wildman–Crippen LogP) is 4.27. The van der Waals surface area contributed by atoms with Crippen LogP contribution in [-0.2, 0) is 17.3 Å². The summed E-state index contributed by atoms with van der Waals surface area (Å²) >= 11 is 2.25. The van der Waals surface area contributed by atoms with Crippen molar-refractivity contribution in [2.24, 2.45) is 0 Å². The van der Waals surface area contributed by atoms with Crippen LogP contribution in [0.5, 0.6) is 0 Å². The van der Waals surface area contributed by atoms with Gasteiger partial charge in [-0.3, -0.25) is 0 Å². The fourth-order valence-electron chi connectivity index (χ4n) is 1.81. The Hall–Kier alpha value is -1.07. The Labute approximate surface area is 129 Å². The highest BCUT2D eigenvalue weighted by Crippen LogP contribution is 2.31. The lowest BCUT2D eigenvalue weighted by atomic mass is 9.79. The zero-order chi connectivity index (χ0) is 14.7. The Morgan fingerprint density at radius 3 is 2.05 bits per heavy atom. The zero-order valence-electron chi connectivity index (χ0n) is 11.9. The van der Waals surface area contributed by atoms with Crippen LogP contribution in [0.1, 0.15) is 44.4 Å². The first-order valence-electron chi connectivity index (χ1n) is 6.36. The van der Waals surface area contributed by atoms with Crippen molar-refractivity contribution in [2.45, 2.75) is 44.9 Å². The number of halogens is 1. The third-order valence-electron chi connectivity index (χ3n) is 3.55. The fourth-order valence-corrected chi connectivity index (χ4v) is 2.42. The maximum absolute atomic E-state index is 9.43. The minimum atomic E-state index is -0.526. The number of alkyl halides is 1. The standard InChI is InChI=1S/C16H19IN2/c1-5-12-6-13(15(2,3)10-18)8-14(7-12)16(4,9-17)11-19/h6-8H,5,9H2,1-4H3. The second-order valence-electron chi connectivity index (χ2n) is 5.59. The van der Waals surface area contributed by atoms with Gasteiger partial charge in [-0.25, -0.2) is 0 Å². The molecule has 0 amide bonds. The zero-order valence-corrected chi connectivity index (χ0v) is 14.1. The minimum absolute atomic E-state index is 0.494. The summed E-state index contributed by atoms with van der Waals surface area (Å²) < 4.78 is 0.737. The van der Waals surface area contributed by atoms with E-state index in [4.69, 9.17) is 0 Å². The van der Waals surface area contributed by atoms with Gasteiger partial charge in [0.2, 0.25) is 0 Å². The van der Waals surface area contributed by atoms with E-state index in [-0.39, 0.29) is 0 Å². The molecule has 2 nitrogen and oxygen atoms in total. The molecule has 0 radical (unpaired) electrons. The molecule has 1 aromatic rings. The lowest BCUT2D eigenvalue weighted by Gasteiger charge is -2.24. The number of nitrogens with zero attached hydrogens (tertiary/aromatic N) is 2. The molecular weight excluding hydrogens is 347 g/mol. The van der Waals surface area contributed by atoms with Crippen LogP contribution in [0.3, 0.4) is 0 Å². The van der Waals surface area contributed by atoms with Gasteiger partial charge in [-0.1, -0.05) is 47.7 Å². The number of nitriles is 2. The number of benzene rings is 1. The molecule has 3 heteroatoms. The van der Waals surface area contributed by atoms with Gasteiger partial charge in [-0.05, 0) is 43.9 Å². The fraction of sp³-hybridized carbons (Fsp3) is 0.500. The lowest BCUT2D eigenvalue weighted by Crippen LogP contribution is -2.23. The SMILES string of the molecule is CCc1cc(C(C)(C)C#N)cc(C(C)(C#N)CI)c1. The van der Waals surface area contributed by atoms with Crippen molar-refractivity contribution in [3.63, 3.8) is 0 Å². The monoisotopic (exact) mass is 366 g/mol. The molecule has 0 spiro atoms. The first-order valence-corrected chi connectivity index (χ1v) is 7.89. The Morgan fingerprint density at radius 1 is 1.05 bits per heavy atom. The molecule has 1 aromatic carbocycles. The summed E-state index contributed by atoms with van der Waals surface area (Å²) in [6.45, 7) is 7.88. The van der Waals surface area contributed by atoms with E-state index in [0.29, 0.717) is 0 Å². The molecule has 0 aliphatic carbocycles. The first-order chi connectivity index (χ1) is 8.82. The van der Waals surface area contributed by atoms with Crippen LogP contribution in [0.4, 0.5) is 0 Å². The normalized spacial score (nSPS) is 14.3. The molecule has 0 aromatic heterocycles. The summed E-state index contributed by atoms with van der Waals surface area (Å²) in [5.74, 6) is 0.